The Morgan fingerprint density at radius 3 is 2.50 bits per heavy atom. The second kappa shape index (κ2) is 4.78. The summed E-state index contributed by atoms with van der Waals surface area (Å²) in [7, 11) is 0. The normalized spacial score (nSPS) is 8.90. The molecule has 0 spiro atoms. The van der Waals surface area contributed by atoms with Gasteiger partial charge in [-0.05, 0) is 6.42 Å². The van der Waals surface area contributed by atoms with Gasteiger partial charge in [0.1, 0.15) is 0 Å². The van der Waals surface area contributed by atoms with Crippen molar-refractivity contribution in [2.75, 3.05) is 6.54 Å². The molecule has 10 heavy (non-hydrogen) atoms. The molecule has 0 aromatic heterocycles. The predicted octanol–water partition coefficient (Wildman–Crippen LogP) is -0.288. The first-order valence-corrected chi connectivity index (χ1v) is 3.18. The van der Waals surface area contributed by atoms with E-state index in [0.29, 0.717) is 6.42 Å². The van der Waals surface area contributed by atoms with Crippen molar-refractivity contribution in [3.8, 4) is 0 Å². The number of carbonyl (C=O) groups excluding carboxylic acids is 2. The fourth-order valence-electron chi connectivity index (χ4n) is 0.494. The number of hydrogen-bond acceptors (Lipinski definition) is 2. The maximum absolute atomic E-state index is 10.6. The van der Waals surface area contributed by atoms with Crippen molar-refractivity contribution < 1.29 is 9.59 Å². The molecule has 0 aliphatic heterocycles. The van der Waals surface area contributed by atoms with Gasteiger partial charge in [0.25, 0.3) is 5.91 Å². The number of rotatable bonds is 4. The van der Waals surface area contributed by atoms with Crippen LogP contribution in [-0.2, 0) is 9.59 Å². The molecule has 0 aromatic carbocycles. The maximum Gasteiger partial charge on any atom is 0.257 e. The van der Waals surface area contributed by atoms with Gasteiger partial charge >= 0.3 is 0 Å². The van der Waals surface area contributed by atoms with E-state index in [0.717, 1.165) is 6.42 Å². The average Bonchev–Trinajstić information content (AvgIpc) is 1.85. The van der Waals surface area contributed by atoms with Gasteiger partial charge in [-0.25, -0.2) is 0 Å². The molecule has 57 valence electrons. The lowest BCUT2D eigenvalue weighted by Gasteiger charge is -1.98. The van der Waals surface area contributed by atoms with Crippen LogP contribution in [0.1, 0.15) is 19.8 Å². The summed E-state index contributed by atoms with van der Waals surface area (Å²) < 4.78 is 0. The van der Waals surface area contributed by atoms with E-state index >= 15 is 0 Å². The van der Waals surface area contributed by atoms with E-state index in [9.17, 15) is 9.59 Å². The van der Waals surface area contributed by atoms with Crippen molar-refractivity contribution in [2.24, 2.45) is 0 Å². The number of nitrogens with one attached hydrogen (secondary N) is 2. The van der Waals surface area contributed by atoms with Gasteiger partial charge in [-0.2, -0.15) is 0 Å². The van der Waals surface area contributed by atoms with Crippen molar-refractivity contribution in [3.63, 3.8) is 0 Å². The van der Waals surface area contributed by atoms with E-state index in [1.165, 1.54) is 0 Å². The largest absolute Gasteiger partial charge is 0.347 e. The summed E-state index contributed by atoms with van der Waals surface area (Å²) in [5.41, 5.74) is 6.45. The van der Waals surface area contributed by atoms with Crippen LogP contribution in [0.5, 0.6) is 0 Å². The van der Waals surface area contributed by atoms with Crippen LogP contribution in [0.3, 0.4) is 0 Å². The highest BCUT2D eigenvalue weighted by atomic mass is 16.2. The molecular formula is C6H11N2O2. The molecule has 2 N–H and O–H groups in total. The zero-order valence-electron chi connectivity index (χ0n) is 5.94. The molecule has 0 rings (SSSR count). The van der Waals surface area contributed by atoms with Crippen molar-refractivity contribution in [3.05, 3.63) is 0 Å². The summed E-state index contributed by atoms with van der Waals surface area (Å²) in [6, 6.07) is 0. The summed E-state index contributed by atoms with van der Waals surface area (Å²) in [6.07, 6.45) is 1.19. The smallest absolute Gasteiger partial charge is 0.257 e. The first-order chi connectivity index (χ1) is 4.66. The first-order valence-electron chi connectivity index (χ1n) is 3.18. The molecule has 0 unspecified atom stereocenters. The topological polar surface area (TPSA) is 70.0 Å². The van der Waals surface area contributed by atoms with Gasteiger partial charge in [0, 0.05) is 6.42 Å². The molecule has 0 saturated heterocycles. The third-order valence-corrected chi connectivity index (χ3v) is 0.923. The highest BCUT2D eigenvalue weighted by molar-refractivity contribution is 5.83. The van der Waals surface area contributed by atoms with Crippen molar-refractivity contribution >= 4 is 11.8 Å². The lowest BCUT2D eigenvalue weighted by atomic mass is 10.3. The van der Waals surface area contributed by atoms with Crippen molar-refractivity contribution in [1.29, 1.82) is 0 Å². The third kappa shape index (κ3) is 5.08. The highest BCUT2D eigenvalue weighted by Gasteiger charge is 1.99. The Hall–Kier alpha value is -1.06. The monoisotopic (exact) mass is 143 g/mol. The van der Waals surface area contributed by atoms with Crippen LogP contribution in [0, 0.1) is 0 Å². The van der Waals surface area contributed by atoms with Crippen molar-refractivity contribution in [2.45, 2.75) is 19.8 Å². The standard InChI is InChI=1S/C6H11N2O2/c1-2-3-6(10)8-4-5(7)9/h7H,2-4H2,1H3,(H,8,10). The molecule has 1 radical (unpaired) electrons. The van der Waals surface area contributed by atoms with Gasteiger partial charge in [0.2, 0.25) is 5.91 Å². The Kier molecular flexibility index (Phi) is 4.28. The van der Waals surface area contributed by atoms with Gasteiger partial charge in [-0.3, -0.25) is 15.3 Å². The molecule has 0 aromatic rings. The molecule has 4 nitrogen and oxygen atoms in total. The van der Waals surface area contributed by atoms with E-state index in [-0.39, 0.29) is 12.5 Å². The zero-order valence-corrected chi connectivity index (χ0v) is 5.94. The average molecular weight is 143 g/mol. The van der Waals surface area contributed by atoms with Gasteiger partial charge in [-0.15, -0.1) is 0 Å². The SMILES string of the molecule is CCCC(=O)NCC([NH])=O. The van der Waals surface area contributed by atoms with Gasteiger partial charge in [-0.1, -0.05) is 6.92 Å². The Morgan fingerprint density at radius 1 is 1.50 bits per heavy atom. The number of amides is 2. The lowest BCUT2D eigenvalue weighted by Crippen LogP contribution is -2.29. The minimum absolute atomic E-state index is 0.164. The molecule has 0 aliphatic rings. The minimum atomic E-state index is -0.760. The molecule has 4 heteroatoms. The van der Waals surface area contributed by atoms with Crippen LogP contribution in [0.15, 0.2) is 0 Å². The van der Waals surface area contributed by atoms with E-state index < -0.39 is 5.91 Å². The van der Waals surface area contributed by atoms with E-state index in [1.807, 2.05) is 6.92 Å². The number of carbonyl (C=O) groups is 2. The summed E-state index contributed by atoms with van der Waals surface area (Å²) in [4.78, 5) is 20.6. The number of hydrogen-bond donors (Lipinski definition) is 1. The molecule has 0 heterocycles. The Morgan fingerprint density at radius 2 is 2.10 bits per heavy atom. The molecule has 0 fully saturated rings. The molecular weight excluding hydrogens is 132 g/mol. The third-order valence-electron chi connectivity index (χ3n) is 0.923. The van der Waals surface area contributed by atoms with Gasteiger partial charge in [0.15, 0.2) is 0 Å². The van der Waals surface area contributed by atoms with Crippen LogP contribution in [0.4, 0.5) is 0 Å². The predicted molar refractivity (Wildman–Crippen MR) is 36.0 cm³/mol. The molecule has 2 amide bonds. The van der Waals surface area contributed by atoms with E-state index in [2.05, 4.69) is 5.32 Å². The summed E-state index contributed by atoms with van der Waals surface area (Å²) >= 11 is 0. The second-order valence-electron chi connectivity index (χ2n) is 1.95. The lowest BCUT2D eigenvalue weighted by molar-refractivity contribution is -0.125. The molecule has 0 saturated carbocycles. The van der Waals surface area contributed by atoms with Crippen LogP contribution >= 0.6 is 0 Å². The summed E-state index contributed by atoms with van der Waals surface area (Å²) in [6.45, 7) is 1.71. The quantitative estimate of drug-likeness (QED) is 0.587. The van der Waals surface area contributed by atoms with Crippen LogP contribution in [0.25, 0.3) is 0 Å². The highest BCUT2D eigenvalue weighted by Crippen LogP contribution is 1.83. The second-order valence-corrected chi connectivity index (χ2v) is 1.95. The van der Waals surface area contributed by atoms with Crippen LogP contribution < -0.4 is 11.1 Å². The Balaban J connectivity index is 3.30. The van der Waals surface area contributed by atoms with Gasteiger partial charge in [0.05, 0.1) is 6.54 Å². The van der Waals surface area contributed by atoms with E-state index in [4.69, 9.17) is 5.73 Å². The summed E-state index contributed by atoms with van der Waals surface area (Å²) in [5, 5.41) is 2.31. The fraction of sp³-hybridized carbons (Fsp3) is 0.667. The molecule has 0 atom stereocenters. The van der Waals surface area contributed by atoms with Crippen molar-refractivity contribution in [1.82, 2.24) is 11.1 Å². The Labute approximate surface area is 59.8 Å². The first kappa shape index (κ1) is 8.94. The van der Waals surface area contributed by atoms with Crippen LogP contribution in [0.2, 0.25) is 0 Å². The van der Waals surface area contributed by atoms with Crippen LogP contribution in [-0.4, -0.2) is 18.4 Å². The molecule has 0 bridgehead atoms. The zero-order chi connectivity index (χ0) is 7.98. The van der Waals surface area contributed by atoms with E-state index in [1.54, 1.807) is 0 Å². The Bertz CT molecular complexity index is 134. The molecule has 0 aliphatic carbocycles. The van der Waals surface area contributed by atoms with Gasteiger partial charge < -0.3 is 5.32 Å². The maximum atomic E-state index is 10.6. The summed E-state index contributed by atoms with van der Waals surface area (Å²) in [5.74, 6) is -0.924. The fourth-order valence-corrected chi connectivity index (χ4v) is 0.494. The minimum Gasteiger partial charge on any atom is -0.347 e.